The number of rotatable bonds is 9. The molecule has 0 saturated carbocycles. The van der Waals surface area contributed by atoms with Crippen molar-refractivity contribution in [3.8, 4) is 11.5 Å². The summed E-state index contributed by atoms with van der Waals surface area (Å²) in [6.45, 7) is 0.146. The second-order valence-corrected chi connectivity index (χ2v) is 8.93. The summed E-state index contributed by atoms with van der Waals surface area (Å²) in [6, 6.07) is 20.7. The van der Waals surface area contributed by atoms with Crippen LogP contribution in [-0.4, -0.2) is 37.7 Å². The van der Waals surface area contributed by atoms with Crippen LogP contribution < -0.4 is 9.47 Å². The number of carbonyl (C=O) groups is 2. The fourth-order valence-corrected chi connectivity index (χ4v) is 4.40. The fraction of sp³-hybridized carbons (Fsp3) is 0.120. The molecule has 3 aromatic rings. The average molecular weight is 493 g/mol. The van der Waals surface area contributed by atoms with Crippen molar-refractivity contribution in [3.63, 3.8) is 0 Å². The topological polar surface area (TPSA) is 89.0 Å². The summed E-state index contributed by atoms with van der Waals surface area (Å²) in [5.41, 5.74) is 2.47. The Morgan fingerprint density at radius 1 is 1.03 bits per heavy atom. The standard InChI is InChI=1S/C25H20N2O5S2/c28-23(29)14-27-24(30)22(34-25(27)33)13-18-9-10-20(31-15-17-6-2-1-3-7-17)21(12-18)32-16-19-8-4-5-11-26-19/h1-13H,14-16H2,(H,28,29)/b22-13-. The third-order valence-electron chi connectivity index (χ3n) is 4.77. The molecule has 1 aliphatic rings. The predicted molar refractivity (Wildman–Crippen MR) is 133 cm³/mol. The van der Waals surface area contributed by atoms with Gasteiger partial charge in [-0.2, -0.15) is 0 Å². The fourth-order valence-electron chi connectivity index (χ4n) is 3.14. The largest absolute Gasteiger partial charge is 0.485 e. The summed E-state index contributed by atoms with van der Waals surface area (Å²) in [7, 11) is 0. The van der Waals surface area contributed by atoms with Crippen molar-refractivity contribution < 1.29 is 24.2 Å². The molecule has 34 heavy (non-hydrogen) atoms. The van der Waals surface area contributed by atoms with Crippen LogP contribution in [0.15, 0.2) is 77.8 Å². The number of carbonyl (C=O) groups excluding carboxylic acids is 1. The van der Waals surface area contributed by atoms with Gasteiger partial charge in [0.1, 0.15) is 24.1 Å². The molecule has 4 rings (SSSR count). The van der Waals surface area contributed by atoms with Crippen LogP contribution in [0.3, 0.4) is 0 Å². The Labute approximate surface area is 206 Å². The van der Waals surface area contributed by atoms with Gasteiger partial charge in [-0.25, -0.2) is 0 Å². The third kappa shape index (κ3) is 6.00. The molecule has 0 unspecified atom stereocenters. The number of thioether (sulfide) groups is 1. The van der Waals surface area contributed by atoms with Crippen LogP contribution in [0.1, 0.15) is 16.8 Å². The van der Waals surface area contributed by atoms with E-state index in [4.69, 9.17) is 26.8 Å². The van der Waals surface area contributed by atoms with Gasteiger partial charge in [-0.1, -0.05) is 66.4 Å². The zero-order valence-corrected chi connectivity index (χ0v) is 19.6. The first-order valence-electron chi connectivity index (χ1n) is 10.3. The van der Waals surface area contributed by atoms with Crippen LogP contribution >= 0.6 is 24.0 Å². The van der Waals surface area contributed by atoms with Gasteiger partial charge in [-0.05, 0) is 41.5 Å². The highest BCUT2D eigenvalue weighted by Crippen LogP contribution is 2.35. The first-order valence-corrected chi connectivity index (χ1v) is 11.5. The maximum atomic E-state index is 12.6. The van der Waals surface area contributed by atoms with E-state index in [1.54, 1.807) is 30.5 Å². The van der Waals surface area contributed by atoms with Gasteiger partial charge in [0.25, 0.3) is 5.91 Å². The van der Waals surface area contributed by atoms with Crippen LogP contribution in [0.4, 0.5) is 0 Å². The van der Waals surface area contributed by atoms with Gasteiger partial charge in [-0.3, -0.25) is 19.5 Å². The smallest absolute Gasteiger partial charge is 0.323 e. The molecule has 9 heteroatoms. The van der Waals surface area contributed by atoms with E-state index in [-0.39, 0.29) is 10.9 Å². The molecule has 0 bridgehead atoms. The van der Waals surface area contributed by atoms with E-state index in [1.165, 1.54) is 0 Å². The van der Waals surface area contributed by atoms with Crippen LogP contribution in [-0.2, 0) is 22.8 Å². The molecule has 2 heterocycles. The van der Waals surface area contributed by atoms with Gasteiger partial charge in [0.2, 0.25) is 0 Å². The number of ether oxygens (including phenoxy) is 2. The summed E-state index contributed by atoms with van der Waals surface area (Å²) >= 11 is 6.23. The summed E-state index contributed by atoms with van der Waals surface area (Å²) in [5, 5.41) is 9.02. The summed E-state index contributed by atoms with van der Waals surface area (Å²) < 4.78 is 12.2. The number of carboxylic acids is 1. The Morgan fingerprint density at radius 2 is 1.79 bits per heavy atom. The number of pyridine rings is 1. The Bertz CT molecular complexity index is 1230. The van der Waals surface area contributed by atoms with E-state index in [9.17, 15) is 9.59 Å². The minimum atomic E-state index is -1.12. The number of benzene rings is 2. The lowest BCUT2D eigenvalue weighted by Crippen LogP contribution is -2.33. The number of aromatic nitrogens is 1. The highest BCUT2D eigenvalue weighted by atomic mass is 32.2. The van der Waals surface area contributed by atoms with Gasteiger partial charge in [0.05, 0.1) is 10.6 Å². The highest BCUT2D eigenvalue weighted by Gasteiger charge is 2.33. The zero-order chi connectivity index (χ0) is 23.9. The Morgan fingerprint density at radius 3 is 2.53 bits per heavy atom. The number of nitrogens with zero attached hydrogens (tertiary/aromatic N) is 2. The van der Waals surface area contributed by atoms with Crippen molar-refractivity contribution >= 4 is 46.3 Å². The van der Waals surface area contributed by atoms with Gasteiger partial charge in [0.15, 0.2) is 11.5 Å². The molecule has 172 valence electrons. The predicted octanol–water partition coefficient (Wildman–Crippen LogP) is 4.53. The van der Waals surface area contributed by atoms with Gasteiger partial charge in [-0.15, -0.1) is 0 Å². The molecule has 2 aromatic carbocycles. The summed E-state index contributed by atoms with van der Waals surface area (Å²) in [5.74, 6) is -0.507. The number of aliphatic carboxylic acids is 1. The third-order valence-corrected chi connectivity index (χ3v) is 6.15. The van der Waals surface area contributed by atoms with Crippen LogP contribution in [0.5, 0.6) is 11.5 Å². The van der Waals surface area contributed by atoms with Crippen molar-refractivity contribution in [1.29, 1.82) is 0 Å². The highest BCUT2D eigenvalue weighted by molar-refractivity contribution is 8.26. The monoisotopic (exact) mass is 492 g/mol. The SMILES string of the molecule is O=C(O)CN1C(=O)/C(=C/c2ccc(OCc3ccccc3)c(OCc3ccccn3)c2)SC1=S. The van der Waals surface area contributed by atoms with E-state index in [0.29, 0.717) is 28.6 Å². The minimum absolute atomic E-state index is 0.216. The molecule has 0 atom stereocenters. The van der Waals surface area contributed by atoms with Crippen molar-refractivity contribution in [1.82, 2.24) is 9.88 Å². The molecule has 0 radical (unpaired) electrons. The van der Waals surface area contributed by atoms with Crippen molar-refractivity contribution in [2.45, 2.75) is 13.2 Å². The number of hydrogen-bond donors (Lipinski definition) is 1. The molecule has 1 fully saturated rings. The number of thiocarbonyl (C=S) groups is 1. The Kier molecular flexibility index (Phi) is 7.56. The van der Waals surface area contributed by atoms with E-state index >= 15 is 0 Å². The van der Waals surface area contributed by atoms with Gasteiger partial charge >= 0.3 is 5.97 Å². The molecule has 1 aromatic heterocycles. The first-order chi connectivity index (χ1) is 16.5. The van der Waals surface area contributed by atoms with Crippen molar-refractivity contribution in [2.75, 3.05) is 6.54 Å². The maximum absolute atomic E-state index is 12.6. The van der Waals surface area contributed by atoms with Crippen molar-refractivity contribution in [3.05, 3.63) is 94.7 Å². The molecule has 1 saturated heterocycles. The normalized spacial score (nSPS) is 14.5. The molecular weight excluding hydrogens is 472 g/mol. The van der Waals surface area contributed by atoms with Crippen LogP contribution in [0.25, 0.3) is 6.08 Å². The van der Waals surface area contributed by atoms with E-state index in [1.807, 2.05) is 48.5 Å². The molecule has 1 N–H and O–H groups in total. The summed E-state index contributed by atoms with van der Waals surface area (Å²) in [4.78, 5) is 29.3. The maximum Gasteiger partial charge on any atom is 0.323 e. The molecule has 1 amide bonds. The molecule has 1 aliphatic heterocycles. The lowest BCUT2D eigenvalue weighted by atomic mass is 10.1. The second-order valence-electron chi connectivity index (χ2n) is 7.25. The quantitative estimate of drug-likeness (QED) is 0.344. The number of carboxylic acid groups (broad SMARTS) is 1. The van der Waals surface area contributed by atoms with E-state index < -0.39 is 18.4 Å². The number of amides is 1. The second kappa shape index (κ2) is 11.0. The molecule has 0 aliphatic carbocycles. The van der Waals surface area contributed by atoms with Gasteiger partial charge in [0, 0.05) is 6.20 Å². The zero-order valence-electron chi connectivity index (χ0n) is 17.9. The minimum Gasteiger partial charge on any atom is -0.485 e. The average Bonchev–Trinajstić information content (AvgIpc) is 3.10. The van der Waals surface area contributed by atoms with E-state index in [0.717, 1.165) is 27.9 Å². The Hall–Kier alpha value is -3.69. The molecule has 0 spiro atoms. The van der Waals surface area contributed by atoms with Crippen molar-refractivity contribution in [2.24, 2.45) is 0 Å². The molecular formula is C25H20N2O5S2. The number of hydrogen-bond acceptors (Lipinski definition) is 7. The van der Waals surface area contributed by atoms with E-state index in [2.05, 4.69) is 4.98 Å². The Balaban J connectivity index is 1.57. The lowest BCUT2D eigenvalue weighted by molar-refractivity contribution is -0.140. The first kappa shape index (κ1) is 23.5. The van der Waals surface area contributed by atoms with Gasteiger partial charge < -0.3 is 14.6 Å². The van der Waals surface area contributed by atoms with Crippen LogP contribution in [0, 0.1) is 0 Å². The van der Waals surface area contributed by atoms with Crippen LogP contribution in [0.2, 0.25) is 0 Å². The summed E-state index contributed by atoms with van der Waals surface area (Å²) in [6.07, 6.45) is 3.36. The molecule has 7 nitrogen and oxygen atoms in total. The lowest BCUT2D eigenvalue weighted by Gasteiger charge is -2.14.